The predicted molar refractivity (Wildman–Crippen MR) is 84.8 cm³/mol. The highest BCUT2D eigenvalue weighted by molar-refractivity contribution is 6.62. The van der Waals surface area contributed by atoms with E-state index >= 15 is 0 Å². The van der Waals surface area contributed by atoms with Gasteiger partial charge in [0.1, 0.15) is 0 Å². The molecule has 0 saturated carbocycles. The summed E-state index contributed by atoms with van der Waals surface area (Å²) in [5.74, 6) is -1.74. The van der Waals surface area contributed by atoms with E-state index in [4.69, 9.17) is 4.74 Å². The van der Waals surface area contributed by atoms with Crippen LogP contribution in [0, 0.1) is 0 Å². The third-order valence-corrected chi connectivity index (χ3v) is 2.80. The zero-order chi connectivity index (χ0) is 17.3. The van der Waals surface area contributed by atoms with Gasteiger partial charge in [-0.2, -0.15) is 5.10 Å². The van der Waals surface area contributed by atoms with Crippen LogP contribution in [0.5, 0.6) is 0 Å². The second kappa shape index (κ2) is 8.89. The second-order valence-electron chi connectivity index (χ2n) is 5.42. The van der Waals surface area contributed by atoms with E-state index in [2.05, 4.69) is 20.0 Å². The molecule has 0 unspecified atom stereocenters. The van der Waals surface area contributed by atoms with E-state index in [9.17, 15) is 9.59 Å². The summed E-state index contributed by atoms with van der Waals surface area (Å²) in [4.78, 5) is 23.0. The van der Waals surface area contributed by atoms with Crippen LogP contribution in [0.4, 0.5) is 0 Å². The third kappa shape index (κ3) is 6.48. The molecule has 1 aromatic carbocycles. The van der Waals surface area contributed by atoms with Crippen molar-refractivity contribution in [2.24, 2.45) is 5.10 Å². The van der Waals surface area contributed by atoms with Crippen molar-refractivity contribution in [2.45, 2.75) is 26.0 Å². The number of methoxy groups -OCH3 is 2. The Hall–Kier alpha value is -2.41. The third-order valence-electron chi connectivity index (χ3n) is 2.80. The molecule has 0 saturated heterocycles. The van der Waals surface area contributed by atoms with Gasteiger partial charge in [-0.05, 0) is 19.4 Å². The molecule has 7 nitrogen and oxygen atoms in total. The molecule has 0 radical (unpaired) electrons. The van der Waals surface area contributed by atoms with Crippen molar-refractivity contribution in [3.63, 3.8) is 0 Å². The molecule has 23 heavy (non-hydrogen) atoms. The number of carbonyl (C=O) groups is 2. The van der Waals surface area contributed by atoms with Gasteiger partial charge in [0.05, 0.1) is 33.0 Å². The van der Waals surface area contributed by atoms with Crippen LogP contribution in [0.1, 0.15) is 19.4 Å². The van der Waals surface area contributed by atoms with Gasteiger partial charge in [-0.15, -0.1) is 0 Å². The Kier molecular flexibility index (Phi) is 7.21. The van der Waals surface area contributed by atoms with Crippen molar-refractivity contribution in [3.8, 4) is 0 Å². The summed E-state index contributed by atoms with van der Waals surface area (Å²) in [5.41, 5.74) is 2.74. The molecule has 1 aromatic rings. The first-order valence-electron chi connectivity index (χ1n) is 7.03. The van der Waals surface area contributed by atoms with Gasteiger partial charge in [0.25, 0.3) is 5.71 Å². The summed E-state index contributed by atoms with van der Waals surface area (Å²) in [6.07, 6.45) is 0. The molecule has 0 heterocycles. The minimum atomic E-state index is -0.870. The number of rotatable bonds is 8. The summed E-state index contributed by atoms with van der Waals surface area (Å²) >= 11 is 0. The van der Waals surface area contributed by atoms with Gasteiger partial charge in [-0.25, -0.2) is 9.59 Å². The van der Waals surface area contributed by atoms with Crippen LogP contribution < -0.4 is 5.43 Å². The minimum Gasteiger partial charge on any atom is -0.464 e. The molecule has 0 aliphatic rings. The molecule has 0 amide bonds. The SMILES string of the molecule is COC(=O)C(=NNC(C)(C)COCc1ccccc1)C(=O)OC. The van der Waals surface area contributed by atoms with Gasteiger partial charge < -0.3 is 19.6 Å². The maximum atomic E-state index is 11.5. The minimum absolute atomic E-state index is 0.320. The first-order valence-corrected chi connectivity index (χ1v) is 7.03. The highest BCUT2D eigenvalue weighted by Crippen LogP contribution is 2.07. The Bertz CT molecular complexity index is 537. The average Bonchev–Trinajstić information content (AvgIpc) is 2.55. The normalized spacial score (nSPS) is 10.6. The number of esters is 2. The van der Waals surface area contributed by atoms with Gasteiger partial charge in [-0.1, -0.05) is 30.3 Å². The van der Waals surface area contributed by atoms with E-state index in [1.807, 2.05) is 44.2 Å². The quantitative estimate of drug-likeness (QED) is 0.336. The molecule has 0 fully saturated rings. The van der Waals surface area contributed by atoms with E-state index < -0.39 is 23.2 Å². The number of hydrogen-bond acceptors (Lipinski definition) is 7. The fraction of sp³-hybridized carbons (Fsp3) is 0.438. The van der Waals surface area contributed by atoms with E-state index in [-0.39, 0.29) is 0 Å². The van der Waals surface area contributed by atoms with Crippen LogP contribution in [0.3, 0.4) is 0 Å². The maximum Gasteiger partial charge on any atom is 0.366 e. The lowest BCUT2D eigenvalue weighted by Crippen LogP contribution is -2.42. The van der Waals surface area contributed by atoms with Crippen LogP contribution in [-0.2, 0) is 30.4 Å². The number of ether oxygens (including phenoxy) is 3. The van der Waals surface area contributed by atoms with Crippen LogP contribution in [-0.4, -0.2) is 44.0 Å². The fourth-order valence-corrected chi connectivity index (χ4v) is 1.61. The molecule has 0 aromatic heterocycles. The van der Waals surface area contributed by atoms with Crippen molar-refractivity contribution in [3.05, 3.63) is 35.9 Å². The molecular weight excluding hydrogens is 300 g/mol. The van der Waals surface area contributed by atoms with Gasteiger partial charge in [0.15, 0.2) is 0 Å². The van der Waals surface area contributed by atoms with Crippen LogP contribution in [0.25, 0.3) is 0 Å². The lowest BCUT2D eigenvalue weighted by molar-refractivity contribution is -0.138. The van der Waals surface area contributed by atoms with E-state index in [0.717, 1.165) is 19.8 Å². The molecular formula is C16H22N2O5. The lowest BCUT2D eigenvalue weighted by atomic mass is 10.1. The molecule has 0 bridgehead atoms. The number of nitrogens with one attached hydrogen (secondary N) is 1. The highest BCUT2D eigenvalue weighted by atomic mass is 16.5. The number of carbonyl (C=O) groups excluding carboxylic acids is 2. The summed E-state index contributed by atoms with van der Waals surface area (Å²) in [6, 6.07) is 9.73. The number of hydrazone groups is 1. The number of hydrogen-bond donors (Lipinski definition) is 1. The number of benzene rings is 1. The molecule has 0 aliphatic heterocycles. The molecule has 0 aliphatic carbocycles. The molecule has 1 rings (SSSR count). The van der Waals surface area contributed by atoms with Gasteiger partial charge in [0, 0.05) is 0 Å². The van der Waals surface area contributed by atoms with Crippen molar-refractivity contribution in [1.29, 1.82) is 0 Å². The molecule has 0 atom stereocenters. The van der Waals surface area contributed by atoms with Crippen molar-refractivity contribution < 1.29 is 23.8 Å². The second-order valence-corrected chi connectivity index (χ2v) is 5.42. The largest absolute Gasteiger partial charge is 0.464 e. The van der Waals surface area contributed by atoms with E-state index in [0.29, 0.717) is 13.2 Å². The summed E-state index contributed by atoms with van der Waals surface area (Å²) in [7, 11) is 2.32. The smallest absolute Gasteiger partial charge is 0.366 e. The van der Waals surface area contributed by atoms with E-state index in [1.54, 1.807) is 0 Å². The Labute approximate surface area is 135 Å². The van der Waals surface area contributed by atoms with Crippen molar-refractivity contribution in [1.82, 2.24) is 5.43 Å². The lowest BCUT2D eigenvalue weighted by Gasteiger charge is -2.24. The first-order chi connectivity index (χ1) is 10.9. The summed E-state index contributed by atoms with van der Waals surface area (Å²) in [6.45, 7) is 4.43. The van der Waals surface area contributed by atoms with Gasteiger partial charge >= 0.3 is 11.9 Å². The zero-order valence-electron chi connectivity index (χ0n) is 13.8. The molecule has 0 spiro atoms. The standard InChI is InChI=1S/C16H22N2O5/c1-16(2,11-23-10-12-8-6-5-7-9-12)18-17-13(14(19)21-3)15(20)22-4/h5-9,18H,10-11H2,1-4H3. The van der Waals surface area contributed by atoms with Crippen molar-refractivity contribution >= 4 is 17.7 Å². The number of nitrogens with zero attached hydrogens (tertiary/aromatic N) is 1. The summed E-state index contributed by atoms with van der Waals surface area (Å²) in [5, 5.41) is 3.80. The zero-order valence-corrected chi connectivity index (χ0v) is 13.8. The van der Waals surface area contributed by atoms with Gasteiger partial charge in [-0.3, -0.25) is 0 Å². The highest BCUT2D eigenvalue weighted by Gasteiger charge is 2.25. The Morgan fingerprint density at radius 2 is 1.65 bits per heavy atom. The molecule has 126 valence electrons. The average molecular weight is 322 g/mol. The van der Waals surface area contributed by atoms with Gasteiger partial charge in [0.2, 0.25) is 0 Å². The van der Waals surface area contributed by atoms with Crippen LogP contribution >= 0.6 is 0 Å². The first kappa shape index (κ1) is 18.6. The van der Waals surface area contributed by atoms with Crippen molar-refractivity contribution in [2.75, 3.05) is 20.8 Å². The Balaban J connectivity index is 2.59. The van der Waals surface area contributed by atoms with E-state index in [1.165, 1.54) is 0 Å². The van der Waals surface area contributed by atoms with Crippen LogP contribution in [0.15, 0.2) is 35.4 Å². The maximum absolute atomic E-state index is 11.5. The fourth-order valence-electron chi connectivity index (χ4n) is 1.61. The van der Waals surface area contributed by atoms with Crippen LogP contribution in [0.2, 0.25) is 0 Å². The summed E-state index contributed by atoms with van der Waals surface area (Å²) < 4.78 is 14.6. The Morgan fingerprint density at radius 1 is 1.09 bits per heavy atom. The molecule has 7 heteroatoms. The monoisotopic (exact) mass is 322 g/mol. The molecule has 1 N–H and O–H groups in total. The topological polar surface area (TPSA) is 86.2 Å². The predicted octanol–water partition coefficient (Wildman–Crippen LogP) is 1.27. The Morgan fingerprint density at radius 3 is 2.17 bits per heavy atom.